The number of fused-ring (bicyclic) bond motifs is 1. The molecule has 0 aromatic rings. The lowest BCUT2D eigenvalue weighted by molar-refractivity contribution is 0.0994. The van der Waals surface area contributed by atoms with Crippen LogP contribution in [-0.4, -0.2) is 26.1 Å². The number of allylic oxidation sites excluding steroid dienone is 1. The monoisotopic (exact) mass is 154 g/mol. The fourth-order valence-corrected chi connectivity index (χ4v) is 1.18. The zero-order chi connectivity index (χ0) is 7.84. The van der Waals surface area contributed by atoms with Crippen LogP contribution < -0.4 is 16.1 Å². The molecule has 5 nitrogen and oxygen atoms in total. The molecule has 5 heteroatoms. The summed E-state index contributed by atoms with van der Waals surface area (Å²) >= 11 is 0. The summed E-state index contributed by atoms with van der Waals surface area (Å²) in [5, 5.41) is 8.92. The molecule has 0 bridgehead atoms. The van der Waals surface area contributed by atoms with Gasteiger partial charge in [-0.2, -0.15) is 0 Å². The second-order valence-corrected chi connectivity index (χ2v) is 2.50. The van der Waals surface area contributed by atoms with Crippen LogP contribution in [0.15, 0.2) is 16.6 Å². The van der Waals surface area contributed by atoms with Crippen molar-refractivity contribution >= 4 is 6.21 Å². The Labute approximate surface area is 64.5 Å². The second-order valence-electron chi connectivity index (χ2n) is 2.50. The first kappa shape index (κ1) is 6.63. The normalized spacial score (nSPS) is 29.4. The van der Waals surface area contributed by atoms with Crippen LogP contribution in [0.1, 0.15) is 0 Å². The van der Waals surface area contributed by atoms with Gasteiger partial charge in [-0.25, -0.2) is 0 Å². The number of methoxy groups -OCH3 is 1. The molecule has 11 heavy (non-hydrogen) atoms. The third-order valence-corrected chi connectivity index (χ3v) is 1.79. The van der Waals surface area contributed by atoms with Gasteiger partial charge in [-0.1, -0.05) is 0 Å². The lowest BCUT2D eigenvalue weighted by atomic mass is 10.5. The molecule has 2 aliphatic heterocycles. The molecule has 1 unspecified atom stereocenters. The van der Waals surface area contributed by atoms with Gasteiger partial charge < -0.3 is 15.8 Å². The summed E-state index contributed by atoms with van der Waals surface area (Å²) in [5.41, 5.74) is 6.28. The summed E-state index contributed by atoms with van der Waals surface area (Å²) in [4.78, 5) is 0. The highest BCUT2D eigenvalue weighted by Crippen LogP contribution is 2.15. The summed E-state index contributed by atoms with van der Waals surface area (Å²) in [7, 11) is 1.65. The molecule has 0 aromatic carbocycles. The quantitative estimate of drug-likeness (QED) is 0.468. The van der Waals surface area contributed by atoms with E-state index in [0.717, 1.165) is 12.4 Å². The predicted molar refractivity (Wildman–Crippen MR) is 40.6 cm³/mol. The molecule has 0 aliphatic carbocycles. The lowest BCUT2D eigenvalue weighted by Crippen LogP contribution is -2.26. The van der Waals surface area contributed by atoms with Crippen molar-refractivity contribution in [1.29, 1.82) is 0 Å². The van der Waals surface area contributed by atoms with E-state index in [4.69, 9.17) is 10.5 Å². The molecule has 0 aromatic heterocycles. The molecule has 0 saturated carbocycles. The van der Waals surface area contributed by atoms with Gasteiger partial charge >= 0.3 is 5.82 Å². The van der Waals surface area contributed by atoms with E-state index in [2.05, 4.69) is 10.4 Å². The summed E-state index contributed by atoms with van der Waals surface area (Å²) in [6.45, 7) is 0.725. The van der Waals surface area contributed by atoms with E-state index in [-0.39, 0.29) is 6.23 Å². The van der Waals surface area contributed by atoms with Crippen LogP contribution in [0.2, 0.25) is 0 Å². The first-order valence-corrected chi connectivity index (χ1v) is 3.42. The molecule has 2 heterocycles. The highest BCUT2D eigenvalue weighted by molar-refractivity contribution is 5.80. The molecule has 3 N–H and O–H groups in total. The minimum absolute atomic E-state index is 0.0148. The highest BCUT2D eigenvalue weighted by atomic mass is 16.5. The Bertz CT molecular complexity index is 235. The maximum absolute atomic E-state index is 5.61. The molecule has 1 saturated heterocycles. The molecule has 1 fully saturated rings. The number of nitrogens with one attached hydrogen (secondary N) is 1. The summed E-state index contributed by atoms with van der Waals surface area (Å²) in [6.07, 6.45) is 1.65. The van der Waals surface area contributed by atoms with E-state index in [1.807, 2.05) is 0 Å². The SMILES string of the molecule is COC1C[N+]2N=CC(N)=C2N1. The van der Waals surface area contributed by atoms with Gasteiger partial charge in [0.1, 0.15) is 11.9 Å². The molecule has 59 valence electrons. The number of ether oxygens (including phenoxy) is 1. The Morgan fingerprint density at radius 1 is 1.91 bits per heavy atom. The fourth-order valence-electron chi connectivity index (χ4n) is 1.18. The van der Waals surface area contributed by atoms with Gasteiger partial charge in [0, 0.05) is 12.1 Å². The van der Waals surface area contributed by atoms with Crippen LogP contribution >= 0.6 is 0 Å². The Hall–Kier alpha value is -1.07. The number of nitrogens with two attached hydrogens (primary N) is 1. The molecule has 0 amide bonds. The smallest absolute Gasteiger partial charge is 0.308 e. The average molecular weight is 154 g/mol. The first-order valence-electron chi connectivity index (χ1n) is 3.42. The molecule has 1 atom stereocenters. The van der Waals surface area contributed by atoms with Gasteiger partial charge in [-0.05, 0) is 5.10 Å². The Kier molecular flexibility index (Phi) is 1.33. The Balaban J connectivity index is 2.17. The number of rotatable bonds is 1. The van der Waals surface area contributed by atoms with E-state index < -0.39 is 0 Å². The van der Waals surface area contributed by atoms with Crippen LogP contribution in [-0.2, 0) is 4.74 Å². The van der Waals surface area contributed by atoms with E-state index in [1.165, 1.54) is 0 Å². The largest absolute Gasteiger partial charge is 0.391 e. The van der Waals surface area contributed by atoms with Crippen molar-refractivity contribution in [3.63, 3.8) is 0 Å². The topological polar surface area (TPSA) is 65.5 Å². The third-order valence-electron chi connectivity index (χ3n) is 1.79. The van der Waals surface area contributed by atoms with Crippen molar-refractivity contribution in [2.24, 2.45) is 10.8 Å². The standard InChI is InChI=1S/C6H10N4O/c1-11-5-3-10-6(9-5)4(7)2-8-10/h2,5,9H,3,7H2,1H3/q+1. The van der Waals surface area contributed by atoms with Crippen LogP contribution in [0.25, 0.3) is 0 Å². The Morgan fingerprint density at radius 2 is 2.73 bits per heavy atom. The number of nitrogens with zero attached hydrogens (tertiary/aromatic N) is 2. The number of hydrogen-bond donors (Lipinski definition) is 2. The van der Waals surface area contributed by atoms with Crippen LogP contribution in [0.3, 0.4) is 0 Å². The van der Waals surface area contributed by atoms with Crippen molar-refractivity contribution in [2.45, 2.75) is 6.23 Å². The maximum Gasteiger partial charge on any atom is 0.308 e. The van der Waals surface area contributed by atoms with E-state index in [0.29, 0.717) is 5.70 Å². The molecular formula is C6H10N4O+. The highest BCUT2D eigenvalue weighted by Gasteiger charge is 2.41. The van der Waals surface area contributed by atoms with Crippen LogP contribution in [0.5, 0.6) is 0 Å². The second kappa shape index (κ2) is 2.21. The zero-order valence-electron chi connectivity index (χ0n) is 6.24. The average Bonchev–Trinajstić information content (AvgIpc) is 2.53. The molecular weight excluding hydrogens is 144 g/mol. The minimum atomic E-state index is 0.0148. The van der Waals surface area contributed by atoms with Gasteiger partial charge in [0.05, 0.1) is 0 Å². The van der Waals surface area contributed by atoms with Crippen molar-refractivity contribution in [2.75, 3.05) is 13.7 Å². The molecule has 1 radical (unpaired) electrons. The Morgan fingerprint density at radius 3 is 3.36 bits per heavy atom. The van der Waals surface area contributed by atoms with Crippen molar-refractivity contribution in [1.82, 2.24) is 10.3 Å². The first-order chi connectivity index (χ1) is 5.31. The number of hydrazone groups is 1. The van der Waals surface area contributed by atoms with E-state index in [9.17, 15) is 0 Å². The van der Waals surface area contributed by atoms with Crippen molar-refractivity contribution in [3.8, 4) is 0 Å². The van der Waals surface area contributed by atoms with E-state index in [1.54, 1.807) is 18.3 Å². The van der Waals surface area contributed by atoms with Crippen LogP contribution in [0.4, 0.5) is 0 Å². The van der Waals surface area contributed by atoms with Gasteiger partial charge in [0.2, 0.25) is 6.54 Å². The van der Waals surface area contributed by atoms with Crippen molar-refractivity contribution < 1.29 is 4.74 Å². The van der Waals surface area contributed by atoms with Gasteiger partial charge in [-0.15, -0.1) is 0 Å². The van der Waals surface area contributed by atoms with E-state index >= 15 is 0 Å². The third kappa shape index (κ3) is 0.892. The molecule has 2 aliphatic rings. The zero-order valence-corrected chi connectivity index (χ0v) is 6.24. The van der Waals surface area contributed by atoms with Gasteiger partial charge in [0.25, 0.3) is 0 Å². The fraction of sp³-hybridized carbons (Fsp3) is 0.500. The summed E-state index contributed by atoms with van der Waals surface area (Å²) < 4.78 is 5.08. The minimum Gasteiger partial charge on any atom is -0.391 e. The maximum atomic E-state index is 5.61. The predicted octanol–water partition coefficient (Wildman–Crippen LogP) is -1.17. The summed E-state index contributed by atoms with van der Waals surface area (Å²) in [5.74, 6) is 0.858. The van der Waals surface area contributed by atoms with Crippen molar-refractivity contribution in [3.05, 3.63) is 11.5 Å². The summed E-state index contributed by atoms with van der Waals surface area (Å²) in [6, 6.07) is 0. The lowest BCUT2D eigenvalue weighted by Gasteiger charge is -2.00. The molecule has 2 rings (SSSR count). The van der Waals surface area contributed by atoms with Gasteiger partial charge in [0.15, 0.2) is 6.23 Å². The van der Waals surface area contributed by atoms with Crippen LogP contribution in [0, 0.1) is 0 Å². The number of hydrogen-bond acceptors (Lipinski definition) is 5. The molecule has 0 spiro atoms. The van der Waals surface area contributed by atoms with Gasteiger partial charge in [-0.3, -0.25) is 0 Å².